The van der Waals surface area contributed by atoms with Gasteiger partial charge in [0.2, 0.25) is 0 Å². The summed E-state index contributed by atoms with van der Waals surface area (Å²) in [6, 6.07) is -1.57. The van der Waals surface area contributed by atoms with Crippen molar-refractivity contribution < 1.29 is 24.3 Å². The van der Waals surface area contributed by atoms with Crippen LogP contribution in [0.2, 0.25) is 0 Å². The van der Waals surface area contributed by atoms with Gasteiger partial charge in [-0.1, -0.05) is 0 Å². The van der Waals surface area contributed by atoms with E-state index >= 15 is 0 Å². The average molecular weight is 197 g/mol. The Morgan fingerprint density at radius 3 is 1.92 bits per heavy atom. The summed E-state index contributed by atoms with van der Waals surface area (Å²) in [7, 11) is -4.48. The van der Waals surface area contributed by atoms with Crippen molar-refractivity contribution in [2.24, 2.45) is 5.73 Å². The first-order chi connectivity index (χ1) is 5.10. The van der Waals surface area contributed by atoms with E-state index in [0.29, 0.717) is 0 Å². The van der Waals surface area contributed by atoms with E-state index in [4.69, 9.17) is 20.6 Å². The molecule has 1 atom stereocenters. The fourth-order valence-corrected chi connectivity index (χ4v) is 0.956. The lowest BCUT2D eigenvalue weighted by atomic mass is 10.1. The standard InChI is InChI=1S/C5H12NO5P/c1-5(2,12(9,10)11)3(6)4(7)8/h3H,6H2,1-2H3,(H,7,8)(H2,9,10,11). The van der Waals surface area contributed by atoms with Crippen molar-refractivity contribution in [1.29, 1.82) is 0 Å². The van der Waals surface area contributed by atoms with Gasteiger partial charge in [0.1, 0.15) is 6.04 Å². The molecule has 72 valence electrons. The second kappa shape index (κ2) is 3.14. The summed E-state index contributed by atoms with van der Waals surface area (Å²) in [6.07, 6.45) is 0. The number of hydrogen-bond donors (Lipinski definition) is 4. The Morgan fingerprint density at radius 2 is 1.83 bits per heavy atom. The largest absolute Gasteiger partial charge is 0.480 e. The fourth-order valence-electron chi connectivity index (χ4n) is 0.483. The average Bonchev–Trinajstić information content (AvgIpc) is 1.83. The Hall–Kier alpha value is -0.420. The third-order valence-corrected chi connectivity index (χ3v) is 3.56. The van der Waals surface area contributed by atoms with Gasteiger partial charge in [0.15, 0.2) is 0 Å². The minimum Gasteiger partial charge on any atom is -0.480 e. The van der Waals surface area contributed by atoms with E-state index in [-0.39, 0.29) is 0 Å². The van der Waals surface area contributed by atoms with E-state index in [2.05, 4.69) is 0 Å². The lowest BCUT2D eigenvalue weighted by Gasteiger charge is -2.28. The Labute approximate surface area is 69.5 Å². The molecule has 0 bridgehead atoms. The maximum Gasteiger partial charge on any atom is 0.333 e. The van der Waals surface area contributed by atoms with Gasteiger partial charge in [0.05, 0.1) is 5.16 Å². The highest BCUT2D eigenvalue weighted by Gasteiger charge is 2.46. The van der Waals surface area contributed by atoms with E-state index in [1.54, 1.807) is 0 Å². The lowest BCUT2D eigenvalue weighted by Crippen LogP contribution is -2.48. The molecule has 0 saturated carbocycles. The maximum atomic E-state index is 10.8. The van der Waals surface area contributed by atoms with Gasteiger partial charge in [0, 0.05) is 0 Å². The molecule has 7 heteroatoms. The quantitative estimate of drug-likeness (QED) is 0.446. The Kier molecular flexibility index (Phi) is 3.03. The van der Waals surface area contributed by atoms with Crippen LogP contribution in [0.5, 0.6) is 0 Å². The van der Waals surface area contributed by atoms with Crippen molar-refractivity contribution in [3.63, 3.8) is 0 Å². The molecule has 12 heavy (non-hydrogen) atoms. The molecule has 0 aromatic carbocycles. The molecule has 0 aliphatic rings. The van der Waals surface area contributed by atoms with Gasteiger partial charge >= 0.3 is 13.6 Å². The highest BCUT2D eigenvalue weighted by molar-refractivity contribution is 7.53. The van der Waals surface area contributed by atoms with Crippen LogP contribution in [-0.2, 0) is 9.36 Å². The predicted molar refractivity (Wildman–Crippen MR) is 41.7 cm³/mol. The highest BCUT2D eigenvalue weighted by Crippen LogP contribution is 2.51. The van der Waals surface area contributed by atoms with E-state index < -0.39 is 24.8 Å². The van der Waals surface area contributed by atoms with Gasteiger partial charge in [-0.2, -0.15) is 0 Å². The van der Waals surface area contributed by atoms with E-state index in [1.165, 1.54) is 0 Å². The summed E-state index contributed by atoms with van der Waals surface area (Å²) in [4.78, 5) is 27.8. The smallest absolute Gasteiger partial charge is 0.333 e. The summed E-state index contributed by atoms with van der Waals surface area (Å²) in [5.41, 5.74) is 5.09. The summed E-state index contributed by atoms with van der Waals surface area (Å²) in [6.45, 7) is 2.24. The number of hydrogen-bond acceptors (Lipinski definition) is 3. The minimum absolute atomic E-state index is 1.12. The molecule has 0 aromatic heterocycles. The van der Waals surface area contributed by atoms with Crippen LogP contribution in [0.25, 0.3) is 0 Å². The third-order valence-electron chi connectivity index (χ3n) is 1.78. The minimum atomic E-state index is -4.48. The molecule has 5 N–H and O–H groups in total. The molecule has 0 amide bonds. The van der Waals surface area contributed by atoms with E-state index in [0.717, 1.165) is 13.8 Å². The van der Waals surface area contributed by atoms with Crippen molar-refractivity contribution in [3.8, 4) is 0 Å². The maximum absolute atomic E-state index is 10.8. The van der Waals surface area contributed by atoms with Crippen molar-refractivity contribution >= 4 is 13.6 Å². The first-order valence-corrected chi connectivity index (χ1v) is 4.76. The number of aliphatic carboxylic acids is 1. The SMILES string of the molecule is CC(C)(C(N)C(=O)O)P(=O)(O)O. The number of nitrogens with two attached hydrogens (primary N) is 1. The molecule has 0 radical (unpaired) electrons. The first kappa shape index (κ1) is 11.6. The van der Waals surface area contributed by atoms with Crippen LogP contribution in [0, 0.1) is 0 Å². The van der Waals surface area contributed by atoms with Crippen molar-refractivity contribution in [1.82, 2.24) is 0 Å². The van der Waals surface area contributed by atoms with Crippen LogP contribution in [0.1, 0.15) is 13.8 Å². The fraction of sp³-hybridized carbons (Fsp3) is 0.800. The van der Waals surface area contributed by atoms with Gasteiger partial charge in [-0.3, -0.25) is 9.36 Å². The van der Waals surface area contributed by atoms with Gasteiger partial charge in [0.25, 0.3) is 0 Å². The molecular formula is C5H12NO5P. The number of carboxylic acid groups (broad SMARTS) is 1. The topological polar surface area (TPSA) is 121 Å². The van der Waals surface area contributed by atoms with Gasteiger partial charge in [-0.05, 0) is 13.8 Å². The van der Waals surface area contributed by atoms with Crippen LogP contribution >= 0.6 is 7.60 Å². The molecule has 0 heterocycles. The van der Waals surface area contributed by atoms with Gasteiger partial charge < -0.3 is 20.6 Å². The molecule has 0 aromatic rings. The summed E-state index contributed by atoms with van der Waals surface area (Å²) in [5.74, 6) is -1.43. The molecule has 0 fully saturated rings. The van der Waals surface area contributed by atoms with E-state index in [9.17, 15) is 9.36 Å². The number of carbonyl (C=O) groups is 1. The molecular weight excluding hydrogens is 185 g/mol. The van der Waals surface area contributed by atoms with Crippen LogP contribution in [0.15, 0.2) is 0 Å². The zero-order valence-electron chi connectivity index (χ0n) is 6.76. The van der Waals surface area contributed by atoms with Crippen molar-refractivity contribution in [2.75, 3.05) is 0 Å². The molecule has 0 spiro atoms. The van der Waals surface area contributed by atoms with Gasteiger partial charge in [-0.15, -0.1) is 0 Å². The third kappa shape index (κ3) is 2.04. The predicted octanol–water partition coefficient (Wildman–Crippen LogP) is -0.645. The van der Waals surface area contributed by atoms with E-state index in [1.807, 2.05) is 0 Å². The molecule has 0 saturated heterocycles. The number of rotatable bonds is 3. The zero-order chi connectivity index (χ0) is 10.2. The second-order valence-corrected chi connectivity index (χ2v) is 5.25. The Balaban J connectivity index is 4.86. The zero-order valence-corrected chi connectivity index (χ0v) is 7.65. The van der Waals surface area contributed by atoms with Crippen LogP contribution in [0.3, 0.4) is 0 Å². The van der Waals surface area contributed by atoms with Crippen LogP contribution in [-0.4, -0.2) is 32.1 Å². The Morgan fingerprint density at radius 1 is 1.50 bits per heavy atom. The van der Waals surface area contributed by atoms with Crippen molar-refractivity contribution in [3.05, 3.63) is 0 Å². The number of carboxylic acids is 1. The summed E-state index contributed by atoms with van der Waals surface area (Å²) >= 11 is 0. The summed E-state index contributed by atoms with van der Waals surface area (Å²) < 4.78 is 10.8. The molecule has 1 unspecified atom stereocenters. The second-order valence-electron chi connectivity index (χ2n) is 3.01. The van der Waals surface area contributed by atoms with Gasteiger partial charge in [-0.25, -0.2) is 0 Å². The van der Waals surface area contributed by atoms with Crippen LogP contribution < -0.4 is 5.73 Å². The monoisotopic (exact) mass is 197 g/mol. The first-order valence-electron chi connectivity index (χ1n) is 3.14. The van der Waals surface area contributed by atoms with Crippen LogP contribution in [0.4, 0.5) is 0 Å². The molecule has 0 aliphatic heterocycles. The lowest BCUT2D eigenvalue weighted by molar-refractivity contribution is -0.139. The highest BCUT2D eigenvalue weighted by atomic mass is 31.2. The summed E-state index contributed by atoms with van der Waals surface area (Å²) in [5, 5.41) is 6.68. The normalized spacial score (nSPS) is 15.8. The molecule has 0 rings (SSSR count). The molecule has 6 nitrogen and oxygen atoms in total. The van der Waals surface area contributed by atoms with Crippen molar-refractivity contribution in [2.45, 2.75) is 25.0 Å². The Bertz CT molecular complexity index is 232. The molecule has 0 aliphatic carbocycles.